The minimum atomic E-state index is -0.431. The lowest BCUT2D eigenvalue weighted by molar-refractivity contribution is 0.0520. The van der Waals surface area contributed by atoms with Gasteiger partial charge in [0.25, 0.3) is 0 Å². The minimum absolute atomic E-state index is 0.0264. The maximum atomic E-state index is 11.1. The Morgan fingerprint density at radius 3 is 3.15 bits per heavy atom. The van der Waals surface area contributed by atoms with Crippen LogP contribution in [0.5, 0.6) is 0 Å². The first kappa shape index (κ1) is 9.73. The fourth-order valence-corrected chi connectivity index (χ4v) is 0.908. The number of carbonyl (C=O) groups is 1. The van der Waals surface area contributed by atoms with Crippen LogP contribution in [0.2, 0.25) is 0 Å². The standard InChI is InChI=1S/C8H12N2O3/c1-2-13-8(12)7-5-10(3-4-11)6-9-7/h5-6,11H,2-4H2,1H3. The predicted octanol–water partition coefficient (Wildman–Crippen LogP) is 0.0521. The normalized spacial score (nSPS) is 10.0. The Bertz CT molecular complexity index is 283. The van der Waals surface area contributed by atoms with Gasteiger partial charge in [0.1, 0.15) is 0 Å². The van der Waals surface area contributed by atoms with Crippen LogP contribution < -0.4 is 0 Å². The molecule has 0 aliphatic carbocycles. The number of ether oxygens (including phenoxy) is 1. The van der Waals surface area contributed by atoms with E-state index in [2.05, 4.69) is 4.98 Å². The Balaban J connectivity index is 2.62. The third kappa shape index (κ3) is 2.55. The van der Waals surface area contributed by atoms with Gasteiger partial charge in [-0.05, 0) is 6.92 Å². The molecule has 1 rings (SSSR count). The number of rotatable bonds is 4. The first-order valence-corrected chi connectivity index (χ1v) is 4.07. The van der Waals surface area contributed by atoms with Crippen molar-refractivity contribution >= 4 is 5.97 Å². The van der Waals surface area contributed by atoms with Gasteiger partial charge in [0, 0.05) is 12.7 Å². The van der Waals surface area contributed by atoms with Gasteiger partial charge in [0.05, 0.1) is 19.5 Å². The number of aliphatic hydroxyl groups excluding tert-OH is 1. The van der Waals surface area contributed by atoms with E-state index in [1.54, 1.807) is 17.7 Å². The Morgan fingerprint density at radius 2 is 2.54 bits per heavy atom. The monoisotopic (exact) mass is 184 g/mol. The summed E-state index contributed by atoms with van der Waals surface area (Å²) in [6, 6.07) is 0. The highest BCUT2D eigenvalue weighted by Gasteiger charge is 2.08. The van der Waals surface area contributed by atoms with Crippen LogP contribution in [0.15, 0.2) is 12.5 Å². The molecule has 13 heavy (non-hydrogen) atoms. The van der Waals surface area contributed by atoms with Gasteiger partial charge in [-0.3, -0.25) is 0 Å². The Labute approximate surface area is 76.0 Å². The van der Waals surface area contributed by atoms with Crippen molar-refractivity contribution in [1.29, 1.82) is 0 Å². The Morgan fingerprint density at radius 1 is 1.77 bits per heavy atom. The van der Waals surface area contributed by atoms with E-state index in [9.17, 15) is 4.79 Å². The molecule has 0 amide bonds. The molecule has 0 saturated heterocycles. The van der Waals surface area contributed by atoms with Gasteiger partial charge in [-0.2, -0.15) is 0 Å². The third-order valence-corrected chi connectivity index (χ3v) is 1.48. The van der Waals surface area contributed by atoms with Crippen molar-refractivity contribution in [1.82, 2.24) is 9.55 Å². The fourth-order valence-electron chi connectivity index (χ4n) is 0.908. The summed E-state index contributed by atoms with van der Waals surface area (Å²) >= 11 is 0. The Kier molecular flexibility index (Phi) is 3.45. The molecule has 0 atom stereocenters. The first-order valence-electron chi connectivity index (χ1n) is 4.07. The Hall–Kier alpha value is -1.36. The highest BCUT2D eigenvalue weighted by atomic mass is 16.5. The number of nitrogens with zero attached hydrogens (tertiary/aromatic N) is 2. The van der Waals surface area contributed by atoms with Gasteiger partial charge in [-0.15, -0.1) is 0 Å². The van der Waals surface area contributed by atoms with Crippen LogP contribution in [0, 0.1) is 0 Å². The van der Waals surface area contributed by atoms with E-state index >= 15 is 0 Å². The highest BCUT2D eigenvalue weighted by molar-refractivity contribution is 5.86. The number of carbonyl (C=O) groups excluding carboxylic acids is 1. The highest BCUT2D eigenvalue weighted by Crippen LogP contribution is 1.98. The molecule has 0 bridgehead atoms. The average molecular weight is 184 g/mol. The SMILES string of the molecule is CCOC(=O)c1cn(CCO)cn1. The second-order valence-corrected chi connectivity index (χ2v) is 2.44. The maximum absolute atomic E-state index is 11.1. The van der Waals surface area contributed by atoms with Crippen molar-refractivity contribution in [3.8, 4) is 0 Å². The van der Waals surface area contributed by atoms with Gasteiger partial charge in [0.2, 0.25) is 0 Å². The van der Waals surface area contributed by atoms with E-state index in [0.717, 1.165) is 0 Å². The molecular formula is C8H12N2O3. The molecule has 0 fully saturated rings. The van der Waals surface area contributed by atoms with E-state index in [0.29, 0.717) is 13.2 Å². The zero-order chi connectivity index (χ0) is 9.68. The van der Waals surface area contributed by atoms with Crippen molar-refractivity contribution in [2.24, 2.45) is 0 Å². The van der Waals surface area contributed by atoms with Crippen LogP contribution in [-0.4, -0.2) is 33.8 Å². The summed E-state index contributed by atoms with van der Waals surface area (Å²) in [6.45, 7) is 2.54. The minimum Gasteiger partial charge on any atom is -0.461 e. The van der Waals surface area contributed by atoms with Gasteiger partial charge in [-0.25, -0.2) is 9.78 Å². The quantitative estimate of drug-likeness (QED) is 0.671. The summed E-state index contributed by atoms with van der Waals surface area (Å²) in [5.41, 5.74) is 0.273. The van der Waals surface area contributed by atoms with E-state index in [4.69, 9.17) is 9.84 Å². The molecule has 0 saturated carbocycles. The molecule has 1 aromatic heterocycles. The molecule has 5 heteroatoms. The topological polar surface area (TPSA) is 64.3 Å². The summed E-state index contributed by atoms with van der Waals surface area (Å²) in [7, 11) is 0. The molecule has 0 aliphatic heterocycles. The summed E-state index contributed by atoms with van der Waals surface area (Å²) in [5.74, 6) is -0.431. The van der Waals surface area contributed by atoms with Crippen molar-refractivity contribution < 1.29 is 14.6 Å². The van der Waals surface area contributed by atoms with E-state index < -0.39 is 5.97 Å². The zero-order valence-corrected chi connectivity index (χ0v) is 7.43. The molecule has 0 aliphatic rings. The molecule has 72 valence electrons. The summed E-state index contributed by atoms with van der Waals surface area (Å²) in [6.07, 6.45) is 3.04. The summed E-state index contributed by atoms with van der Waals surface area (Å²) in [4.78, 5) is 14.9. The number of aliphatic hydroxyl groups is 1. The second-order valence-electron chi connectivity index (χ2n) is 2.44. The lowest BCUT2D eigenvalue weighted by Gasteiger charge is -1.96. The molecule has 0 radical (unpaired) electrons. The molecule has 0 unspecified atom stereocenters. The molecule has 1 heterocycles. The largest absolute Gasteiger partial charge is 0.461 e. The van der Waals surface area contributed by atoms with Gasteiger partial charge < -0.3 is 14.4 Å². The predicted molar refractivity (Wildman–Crippen MR) is 45.3 cm³/mol. The van der Waals surface area contributed by atoms with Crippen molar-refractivity contribution in [2.75, 3.05) is 13.2 Å². The van der Waals surface area contributed by atoms with Crippen LogP contribution in [0.25, 0.3) is 0 Å². The molecule has 5 nitrogen and oxygen atoms in total. The molecule has 0 spiro atoms. The zero-order valence-electron chi connectivity index (χ0n) is 7.43. The molecule has 1 N–H and O–H groups in total. The smallest absolute Gasteiger partial charge is 0.358 e. The van der Waals surface area contributed by atoms with E-state index in [1.165, 1.54) is 6.33 Å². The van der Waals surface area contributed by atoms with Crippen LogP contribution in [0.3, 0.4) is 0 Å². The average Bonchev–Trinajstić information content (AvgIpc) is 2.54. The lowest BCUT2D eigenvalue weighted by Crippen LogP contribution is -2.05. The van der Waals surface area contributed by atoms with E-state index in [1.807, 2.05) is 0 Å². The number of aromatic nitrogens is 2. The second kappa shape index (κ2) is 4.61. The van der Waals surface area contributed by atoms with Crippen molar-refractivity contribution in [3.63, 3.8) is 0 Å². The van der Waals surface area contributed by atoms with Crippen molar-refractivity contribution in [3.05, 3.63) is 18.2 Å². The third-order valence-electron chi connectivity index (χ3n) is 1.48. The van der Waals surface area contributed by atoms with Gasteiger partial charge >= 0.3 is 5.97 Å². The molecule has 0 aromatic carbocycles. The number of hydrogen-bond acceptors (Lipinski definition) is 4. The van der Waals surface area contributed by atoms with Crippen LogP contribution in [0.4, 0.5) is 0 Å². The van der Waals surface area contributed by atoms with Crippen LogP contribution in [0.1, 0.15) is 17.4 Å². The number of esters is 1. The molecular weight excluding hydrogens is 172 g/mol. The first-order chi connectivity index (χ1) is 6.27. The van der Waals surface area contributed by atoms with Gasteiger partial charge in [0.15, 0.2) is 5.69 Å². The van der Waals surface area contributed by atoms with Crippen LogP contribution >= 0.6 is 0 Å². The summed E-state index contributed by atoms with van der Waals surface area (Å²) in [5, 5.41) is 8.61. The molecule has 1 aromatic rings. The van der Waals surface area contributed by atoms with Crippen LogP contribution in [-0.2, 0) is 11.3 Å². The lowest BCUT2D eigenvalue weighted by atomic mass is 10.5. The fraction of sp³-hybridized carbons (Fsp3) is 0.500. The number of hydrogen-bond donors (Lipinski definition) is 1. The maximum Gasteiger partial charge on any atom is 0.358 e. The van der Waals surface area contributed by atoms with Crippen molar-refractivity contribution in [2.45, 2.75) is 13.5 Å². The van der Waals surface area contributed by atoms with Gasteiger partial charge in [-0.1, -0.05) is 0 Å². The number of imidazole rings is 1. The van der Waals surface area contributed by atoms with E-state index in [-0.39, 0.29) is 12.3 Å². The summed E-state index contributed by atoms with van der Waals surface area (Å²) < 4.78 is 6.37.